The summed E-state index contributed by atoms with van der Waals surface area (Å²) < 4.78 is 0. The number of nitrogens with zero attached hydrogens (tertiary/aromatic N) is 1. The zero-order valence-corrected chi connectivity index (χ0v) is 10.2. The number of amides is 1. The van der Waals surface area contributed by atoms with Crippen molar-refractivity contribution in [3.63, 3.8) is 0 Å². The summed E-state index contributed by atoms with van der Waals surface area (Å²) in [5, 5.41) is 8.84. The monoisotopic (exact) mass is 247 g/mol. The average Bonchev–Trinajstić information content (AvgIpc) is 2.40. The normalized spacial score (nSPS) is 16.6. The summed E-state index contributed by atoms with van der Waals surface area (Å²) in [5.74, 6) is 0.470. The molecule has 1 amide bonds. The van der Waals surface area contributed by atoms with E-state index < -0.39 is 6.09 Å². The van der Waals surface area contributed by atoms with Crippen molar-refractivity contribution in [2.45, 2.75) is 19.3 Å². The number of likely N-dealkylation sites (tertiary alicyclic amines) is 1. The van der Waals surface area contributed by atoms with Gasteiger partial charge in [-0.3, -0.25) is 4.79 Å². The van der Waals surface area contributed by atoms with Crippen molar-refractivity contribution in [2.75, 3.05) is 13.1 Å². The summed E-state index contributed by atoms with van der Waals surface area (Å²) in [7, 11) is 0. The number of Topliss-reactive ketones (excluding diaryl/α,β-unsaturated/α-hetero) is 1. The van der Waals surface area contributed by atoms with Crippen molar-refractivity contribution < 1.29 is 14.7 Å². The molecule has 0 aliphatic carbocycles. The Morgan fingerprint density at radius 1 is 1.17 bits per heavy atom. The number of piperidine rings is 1. The molecular weight excluding hydrogens is 230 g/mol. The number of carbonyl (C=O) groups excluding carboxylic acids is 1. The van der Waals surface area contributed by atoms with Crippen molar-refractivity contribution in [1.29, 1.82) is 0 Å². The number of rotatable bonds is 3. The zero-order chi connectivity index (χ0) is 13.0. The molecule has 0 radical (unpaired) electrons. The maximum absolute atomic E-state index is 12.0. The molecule has 4 nitrogen and oxygen atoms in total. The lowest BCUT2D eigenvalue weighted by molar-refractivity contribution is 0.0921. The minimum Gasteiger partial charge on any atom is -0.465 e. The van der Waals surface area contributed by atoms with Gasteiger partial charge in [0.2, 0.25) is 0 Å². The minimum atomic E-state index is -0.858. The second-order valence-electron chi connectivity index (χ2n) is 4.71. The molecular formula is C14H17NO3. The van der Waals surface area contributed by atoms with Gasteiger partial charge in [-0.15, -0.1) is 0 Å². The van der Waals surface area contributed by atoms with Crippen LogP contribution in [-0.4, -0.2) is 35.0 Å². The Hall–Kier alpha value is -1.84. The Morgan fingerprint density at radius 2 is 1.78 bits per heavy atom. The van der Waals surface area contributed by atoms with Crippen molar-refractivity contribution >= 4 is 11.9 Å². The van der Waals surface area contributed by atoms with Crippen LogP contribution in [0.2, 0.25) is 0 Å². The van der Waals surface area contributed by atoms with E-state index in [1.807, 2.05) is 30.3 Å². The van der Waals surface area contributed by atoms with Gasteiger partial charge in [0, 0.05) is 25.1 Å². The van der Waals surface area contributed by atoms with E-state index >= 15 is 0 Å². The Morgan fingerprint density at radius 3 is 2.33 bits per heavy atom. The quantitative estimate of drug-likeness (QED) is 0.835. The van der Waals surface area contributed by atoms with Crippen molar-refractivity contribution in [1.82, 2.24) is 4.90 Å². The lowest BCUT2D eigenvalue weighted by Gasteiger charge is -2.29. The third kappa shape index (κ3) is 3.09. The molecule has 0 saturated carbocycles. The summed E-state index contributed by atoms with van der Waals surface area (Å²) in [4.78, 5) is 24.2. The second-order valence-corrected chi connectivity index (χ2v) is 4.71. The largest absolute Gasteiger partial charge is 0.465 e. The average molecular weight is 247 g/mol. The van der Waals surface area contributed by atoms with Crippen LogP contribution in [0.25, 0.3) is 0 Å². The van der Waals surface area contributed by atoms with Crippen LogP contribution < -0.4 is 0 Å². The van der Waals surface area contributed by atoms with E-state index in [-0.39, 0.29) is 5.78 Å². The molecule has 4 heteroatoms. The van der Waals surface area contributed by atoms with Gasteiger partial charge >= 0.3 is 6.09 Å². The van der Waals surface area contributed by atoms with Crippen molar-refractivity contribution in [2.24, 2.45) is 5.92 Å². The molecule has 0 aromatic heterocycles. The molecule has 1 fully saturated rings. The van der Waals surface area contributed by atoms with Crippen LogP contribution in [0.15, 0.2) is 30.3 Å². The Kier molecular flexibility index (Phi) is 3.97. The topological polar surface area (TPSA) is 57.6 Å². The molecule has 0 atom stereocenters. The van der Waals surface area contributed by atoms with E-state index in [1.54, 1.807) is 0 Å². The molecule has 1 aromatic carbocycles. The summed E-state index contributed by atoms with van der Waals surface area (Å²) in [6.45, 7) is 1.09. The molecule has 2 rings (SSSR count). The summed E-state index contributed by atoms with van der Waals surface area (Å²) >= 11 is 0. The Labute approximate surface area is 106 Å². The number of hydrogen-bond acceptors (Lipinski definition) is 2. The highest BCUT2D eigenvalue weighted by molar-refractivity contribution is 5.96. The molecule has 1 aromatic rings. The van der Waals surface area contributed by atoms with Gasteiger partial charge in [-0.05, 0) is 18.8 Å². The first kappa shape index (κ1) is 12.6. The van der Waals surface area contributed by atoms with Gasteiger partial charge < -0.3 is 10.0 Å². The fourth-order valence-corrected chi connectivity index (χ4v) is 2.33. The number of benzene rings is 1. The zero-order valence-electron chi connectivity index (χ0n) is 10.2. The van der Waals surface area contributed by atoms with Gasteiger partial charge in [0.1, 0.15) is 0 Å². The highest BCUT2D eigenvalue weighted by Crippen LogP contribution is 2.22. The molecule has 1 heterocycles. The Balaban J connectivity index is 1.85. The lowest BCUT2D eigenvalue weighted by atomic mass is 9.90. The number of carbonyl (C=O) groups is 2. The molecule has 1 N–H and O–H groups in total. The van der Waals surface area contributed by atoms with Crippen LogP contribution in [0.4, 0.5) is 4.79 Å². The van der Waals surface area contributed by atoms with Crippen LogP contribution in [0.3, 0.4) is 0 Å². The molecule has 0 unspecified atom stereocenters. The fourth-order valence-electron chi connectivity index (χ4n) is 2.33. The van der Waals surface area contributed by atoms with Crippen molar-refractivity contribution in [3.05, 3.63) is 35.9 Å². The first-order valence-corrected chi connectivity index (χ1v) is 6.23. The van der Waals surface area contributed by atoms with Crippen LogP contribution in [0, 0.1) is 5.92 Å². The predicted octanol–water partition coefficient (Wildman–Crippen LogP) is 2.65. The molecule has 1 saturated heterocycles. The minimum absolute atomic E-state index is 0.157. The standard InChI is InChI=1S/C14H17NO3/c16-13(12-4-2-1-3-5-12)10-11-6-8-15(9-7-11)14(17)18/h1-5,11H,6-10H2,(H,17,18). The summed E-state index contributed by atoms with van der Waals surface area (Å²) in [5.41, 5.74) is 0.748. The van der Waals surface area contributed by atoms with Gasteiger partial charge in [-0.25, -0.2) is 4.79 Å². The first-order valence-electron chi connectivity index (χ1n) is 6.23. The Bertz CT molecular complexity index is 422. The molecule has 18 heavy (non-hydrogen) atoms. The molecule has 0 spiro atoms. The fraction of sp³-hybridized carbons (Fsp3) is 0.429. The van der Waals surface area contributed by atoms with Crippen LogP contribution in [-0.2, 0) is 0 Å². The summed E-state index contributed by atoms with van der Waals surface area (Å²) in [6, 6.07) is 9.27. The van der Waals surface area contributed by atoms with E-state index in [0.717, 1.165) is 18.4 Å². The number of carboxylic acid groups (broad SMARTS) is 1. The first-order chi connectivity index (χ1) is 8.66. The van der Waals surface area contributed by atoms with Gasteiger partial charge in [0.25, 0.3) is 0 Å². The third-order valence-electron chi connectivity index (χ3n) is 3.45. The van der Waals surface area contributed by atoms with Gasteiger partial charge in [0.15, 0.2) is 5.78 Å². The van der Waals surface area contributed by atoms with E-state index in [1.165, 1.54) is 4.90 Å². The van der Waals surface area contributed by atoms with Gasteiger partial charge in [-0.1, -0.05) is 30.3 Å². The third-order valence-corrected chi connectivity index (χ3v) is 3.45. The van der Waals surface area contributed by atoms with Crippen molar-refractivity contribution in [3.8, 4) is 0 Å². The second kappa shape index (κ2) is 5.67. The summed E-state index contributed by atoms with van der Waals surface area (Å²) in [6.07, 6.45) is 1.23. The predicted molar refractivity (Wildman–Crippen MR) is 67.7 cm³/mol. The van der Waals surface area contributed by atoms with Crippen LogP contribution in [0.1, 0.15) is 29.6 Å². The SMILES string of the molecule is O=C(CC1CCN(C(=O)O)CC1)c1ccccc1. The van der Waals surface area contributed by atoms with Crippen LogP contribution in [0.5, 0.6) is 0 Å². The highest BCUT2D eigenvalue weighted by atomic mass is 16.4. The van der Waals surface area contributed by atoms with E-state index in [0.29, 0.717) is 25.4 Å². The maximum atomic E-state index is 12.0. The van der Waals surface area contributed by atoms with Crippen LogP contribution >= 0.6 is 0 Å². The lowest BCUT2D eigenvalue weighted by Crippen LogP contribution is -2.37. The van der Waals surface area contributed by atoms with Gasteiger partial charge in [-0.2, -0.15) is 0 Å². The smallest absolute Gasteiger partial charge is 0.407 e. The maximum Gasteiger partial charge on any atom is 0.407 e. The highest BCUT2D eigenvalue weighted by Gasteiger charge is 2.24. The number of ketones is 1. The molecule has 96 valence electrons. The molecule has 1 aliphatic rings. The van der Waals surface area contributed by atoms with Gasteiger partial charge in [0.05, 0.1) is 0 Å². The van der Waals surface area contributed by atoms with E-state index in [9.17, 15) is 9.59 Å². The number of hydrogen-bond donors (Lipinski definition) is 1. The molecule has 0 bridgehead atoms. The van der Waals surface area contributed by atoms with E-state index in [4.69, 9.17) is 5.11 Å². The van der Waals surface area contributed by atoms with E-state index in [2.05, 4.69) is 0 Å². The molecule has 1 aliphatic heterocycles.